The second kappa shape index (κ2) is 9.43. The highest BCUT2D eigenvalue weighted by atomic mass is 79.9. The molecule has 0 radical (unpaired) electrons. The van der Waals surface area contributed by atoms with Crippen molar-refractivity contribution in [3.63, 3.8) is 0 Å². The molecule has 0 aliphatic carbocycles. The fourth-order valence-corrected chi connectivity index (χ4v) is 5.54. The lowest BCUT2D eigenvalue weighted by molar-refractivity contribution is -0.123. The molecule has 0 atom stereocenters. The van der Waals surface area contributed by atoms with Crippen LogP contribution in [-0.4, -0.2) is 22.1 Å². The molecule has 0 aromatic heterocycles. The number of ether oxygens (including phenoxy) is 1. The SMILES string of the molecule is CC(C)N1C(=O)S/C(=C/c2cc(Br)c(OCc3ccc(Cl)cc3Cl)c(Br)c2)C1=O. The predicted octanol–water partition coefficient (Wildman–Crippen LogP) is 7.54. The molecule has 1 fully saturated rings. The smallest absolute Gasteiger partial charge is 0.293 e. The molecule has 1 heterocycles. The number of carbonyl (C=O) groups is 2. The quantitative estimate of drug-likeness (QED) is 0.343. The lowest BCUT2D eigenvalue weighted by Gasteiger charge is -2.16. The van der Waals surface area contributed by atoms with Gasteiger partial charge in [-0.05, 0) is 93.4 Å². The Morgan fingerprint density at radius 2 is 1.79 bits per heavy atom. The van der Waals surface area contributed by atoms with Crippen LogP contribution in [-0.2, 0) is 11.4 Å². The van der Waals surface area contributed by atoms with Gasteiger partial charge in [-0.15, -0.1) is 0 Å². The van der Waals surface area contributed by atoms with E-state index in [0.29, 0.717) is 29.6 Å². The monoisotopic (exact) mass is 577 g/mol. The summed E-state index contributed by atoms with van der Waals surface area (Å²) in [6, 6.07) is 8.70. The maximum Gasteiger partial charge on any atom is 0.293 e. The molecule has 2 amide bonds. The topological polar surface area (TPSA) is 46.6 Å². The molecular formula is C20H15Br2Cl2NO3S. The van der Waals surface area contributed by atoms with Crippen molar-refractivity contribution in [1.82, 2.24) is 4.90 Å². The highest BCUT2D eigenvalue weighted by Crippen LogP contribution is 2.38. The number of benzene rings is 2. The fourth-order valence-electron chi connectivity index (χ4n) is 2.67. The first-order chi connectivity index (χ1) is 13.7. The molecular weight excluding hydrogens is 565 g/mol. The van der Waals surface area contributed by atoms with Crippen LogP contribution in [0.1, 0.15) is 25.0 Å². The molecule has 152 valence electrons. The molecule has 0 spiro atoms. The van der Waals surface area contributed by atoms with Crippen LogP contribution < -0.4 is 4.74 Å². The van der Waals surface area contributed by atoms with Crippen molar-refractivity contribution in [3.05, 3.63) is 65.4 Å². The molecule has 0 bridgehead atoms. The summed E-state index contributed by atoms with van der Waals surface area (Å²) < 4.78 is 7.31. The van der Waals surface area contributed by atoms with Crippen molar-refractivity contribution in [2.45, 2.75) is 26.5 Å². The first kappa shape index (κ1) is 22.7. The number of rotatable bonds is 5. The number of hydrogen-bond donors (Lipinski definition) is 0. The minimum absolute atomic E-state index is 0.178. The number of hydrogen-bond acceptors (Lipinski definition) is 4. The van der Waals surface area contributed by atoms with Crippen molar-refractivity contribution in [2.24, 2.45) is 0 Å². The molecule has 2 aromatic carbocycles. The van der Waals surface area contributed by atoms with E-state index in [4.69, 9.17) is 27.9 Å². The summed E-state index contributed by atoms with van der Waals surface area (Å²) >= 11 is 20.1. The van der Waals surface area contributed by atoms with Crippen molar-refractivity contribution in [1.29, 1.82) is 0 Å². The highest BCUT2D eigenvalue weighted by Gasteiger charge is 2.36. The zero-order valence-corrected chi connectivity index (χ0v) is 20.8. The Balaban J connectivity index is 1.81. The zero-order valence-electron chi connectivity index (χ0n) is 15.3. The van der Waals surface area contributed by atoms with E-state index in [-0.39, 0.29) is 23.8 Å². The minimum atomic E-state index is -0.278. The lowest BCUT2D eigenvalue weighted by atomic mass is 10.2. The first-order valence-corrected chi connectivity index (χ1v) is 11.7. The standard InChI is InChI=1S/C20H15Br2Cl2NO3S/c1-10(2)25-19(26)17(29-20(25)27)7-11-5-14(21)18(15(22)6-11)28-9-12-3-4-13(23)8-16(12)24/h3-8,10H,9H2,1-2H3/b17-7+. The molecule has 1 aliphatic rings. The van der Waals surface area contributed by atoms with Crippen molar-refractivity contribution in [2.75, 3.05) is 0 Å². The first-order valence-electron chi connectivity index (χ1n) is 8.50. The summed E-state index contributed by atoms with van der Waals surface area (Å²) in [6.45, 7) is 3.89. The Hall–Kier alpha value is -0.990. The van der Waals surface area contributed by atoms with Gasteiger partial charge in [-0.1, -0.05) is 29.3 Å². The van der Waals surface area contributed by atoms with Gasteiger partial charge in [0.1, 0.15) is 12.4 Å². The van der Waals surface area contributed by atoms with Crippen LogP contribution in [0.15, 0.2) is 44.2 Å². The summed E-state index contributed by atoms with van der Waals surface area (Å²) in [5, 5.41) is 0.837. The number of carbonyl (C=O) groups excluding carboxylic acids is 2. The number of halogens is 4. The molecule has 3 rings (SSSR count). The van der Waals surface area contributed by atoms with E-state index in [9.17, 15) is 9.59 Å². The lowest BCUT2D eigenvalue weighted by Crippen LogP contribution is -2.34. The molecule has 0 unspecified atom stereocenters. The number of nitrogens with zero attached hydrogens (tertiary/aromatic N) is 1. The van der Waals surface area contributed by atoms with Crippen LogP contribution in [0, 0.1) is 0 Å². The normalized spacial score (nSPS) is 15.7. The third-order valence-corrected chi connectivity index (χ3v) is 6.69. The van der Waals surface area contributed by atoms with Gasteiger partial charge in [0.25, 0.3) is 11.1 Å². The van der Waals surface area contributed by atoms with E-state index in [1.165, 1.54) is 4.90 Å². The third-order valence-electron chi connectivity index (χ3n) is 4.05. The van der Waals surface area contributed by atoms with E-state index in [2.05, 4.69) is 31.9 Å². The molecule has 4 nitrogen and oxygen atoms in total. The Labute approximate surface area is 199 Å². The van der Waals surface area contributed by atoms with E-state index < -0.39 is 0 Å². The van der Waals surface area contributed by atoms with Gasteiger partial charge in [0.2, 0.25) is 0 Å². The van der Waals surface area contributed by atoms with E-state index in [0.717, 1.165) is 22.9 Å². The largest absolute Gasteiger partial charge is 0.486 e. The molecule has 2 aromatic rings. The average molecular weight is 580 g/mol. The number of amides is 2. The van der Waals surface area contributed by atoms with E-state index in [1.54, 1.807) is 18.2 Å². The van der Waals surface area contributed by atoms with Gasteiger partial charge in [0.15, 0.2) is 0 Å². The second-order valence-electron chi connectivity index (χ2n) is 6.48. The van der Waals surface area contributed by atoms with Gasteiger partial charge in [-0.3, -0.25) is 14.5 Å². The summed E-state index contributed by atoms with van der Waals surface area (Å²) in [5.41, 5.74) is 1.57. The number of thioether (sulfide) groups is 1. The van der Waals surface area contributed by atoms with E-state index >= 15 is 0 Å². The Bertz CT molecular complexity index is 1000. The molecule has 0 N–H and O–H groups in total. The highest BCUT2D eigenvalue weighted by molar-refractivity contribution is 9.11. The van der Waals surface area contributed by atoms with Crippen molar-refractivity contribution < 1.29 is 14.3 Å². The van der Waals surface area contributed by atoms with E-state index in [1.807, 2.05) is 32.0 Å². The van der Waals surface area contributed by atoms with Crippen LogP contribution in [0.2, 0.25) is 10.0 Å². The molecule has 29 heavy (non-hydrogen) atoms. The van der Waals surface area contributed by atoms with Gasteiger partial charge in [0, 0.05) is 21.7 Å². The molecule has 1 saturated heterocycles. The molecule has 1 aliphatic heterocycles. The van der Waals surface area contributed by atoms with Gasteiger partial charge in [-0.2, -0.15) is 0 Å². The van der Waals surface area contributed by atoms with Gasteiger partial charge in [0.05, 0.1) is 13.9 Å². The summed E-state index contributed by atoms with van der Waals surface area (Å²) in [4.78, 5) is 26.2. The van der Waals surface area contributed by atoms with Crippen molar-refractivity contribution >= 4 is 84.0 Å². The van der Waals surface area contributed by atoms with Crippen LogP contribution in [0.5, 0.6) is 5.75 Å². The van der Waals surface area contributed by atoms with Crippen LogP contribution >= 0.6 is 66.8 Å². The summed E-state index contributed by atoms with van der Waals surface area (Å²) in [6.07, 6.45) is 1.70. The third kappa shape index (κ3) is 5.20. The zero-order chi connectivity index (χ0) is 21.3. The summed E-state index contributed by atoms with van der Waals surface area (Å²) in [5.74, 6) is 0.323. The van der Waals surface area contributed by atoms with Crippen LogP contribution in [0.4, 0.5) is 4.79 Å². The van der Waals surface area contributed by atoms with Gasteiger partial charge in [-0.25, -0.2) is 0 Å². The summed E-state index contributed by atoms with van der Waals surface area (Å²) in [7, 11) is 0. The van der Waals surface area contributed by atoms with Crippen LogP contribution in [0.25, 0.3) is 6.08 Å². The molecule has 0 saturated carbocycles. The maximum atomic E-state index is 12.5. The van der Waals surface area contributed by atoms with Crippen LogP contribution in [0.3, 0.4) is 0 Å². The fraction of sp³-hybridized carbons (Fsp3) is 0.200. The van der Waals surface area contributed by atoms with Crippen molar-refractivity contribution in [3.8, 4) is 5.75 Å². The Morgan fingerprint density at radius 1 is 1.14 bits per heavy atom. The number of imide groups is 1. The maximum absolute atomic E-state index is 12.5. The Kier molecular flexibility index (Phi) is 7.38. The minimum Gasteiger partial charge on any atom is -0.486 e. The molecule has 9 heteroatoms. The van der Waals surface area contributed by atoms with Gasteiger partial charge < -0.3 is 4.74 Å². The average Bonchev–Trinajstić information content (AvgIpc) is 2.89. The predicted molar refractivity (Wildman–Crippen MR) is 126 cm³/mol. The Morgan fingerprint density at radius 3 is 2.34 bits per heavy atom. The second-order valence-corrected chi connectivity index (χ2v) is 10.0. The van der Waals surface area contributed by atoms with Gasteiger partial charge >= 0.3 is 0 Å².